The van der Waals surface area contributed by atoms with E-state index in [1.165, 1.54) is 6.20 Å². The molecule has 2 heterocycles. The summed E-state index contributed by atoms with van der Waals surface area (Å²) in [7, 11) is 1.99. The van der Waals surface area contributed by atoms with Crippen LogP contribution in [0.4, 0.5) is 0 Å². The molecule has 1 N–H and O–H groups in total. The van der Waals surface area contributed by atoms with E-state index in [1.807, 2.05) is 20.0 Å². The van der Waals surface area contributed by atoms with Gasteiger partial charge in [-0.15, -0.1) is 0 Å². The zero-order chi connectivity index (χ0) is 13.8. The molecule has 0 aliphatic rings. The second-order valence-electron chi connectivity index (χ2n) is 4.52. The fraction of sp³-hybridized carbons (Fsp3) is 0.286. The van der Waals surface area contributed by atoms with E-state index < -0.39 is 5.97 Å². The third-order valence-electron chi connectivity index (χ3n) is 2.91. The highest BCUT2D eigenvalue weighted by molar-refractivity contribution is 5.87. The fourth-order valence-electron chi connectivity index (χ4n) is 1.84. The quantitative estimate of drug-likeness (QED) is 0.893. The lowest BCUT2D eigenvalue weighted by molar-refractivity contribution is 0.0696. The first-order valence-electron chi connectivity index (χ1n) is 5.96. The van der Waals surface area contributed by atoms with E-state index in [0.717, 1.165) is 23.6 Å². The molecule has 0 fully saturated rings. The summed E-state index contributed by atoms with van der Waals surface area (Å²) in [6.45, 7) is 3.36. The Morgan fingerprint density at radius 2 is 2.16 bits per heavy atom. The van der Waals surface area contributed by atoms with Crippen LogP contribution in [-0.2, 0) is 13.1 Å². The predicted molar refractivity (Wildman–Crippen MR) is 69.8 cm³/mol. The fourth-order valence-corrected chi connectivity index (χ4v) is 1.84. The Kier molecular flexibility index (Phi) is 3.97. The minimum Gasteiger partial charge on any atom is -0.478 e. The first kappa shape index (κ1) is 13.3. The monoisotopic (exact) mass is 260 g/mol. The van der Waals surface area contributed by atoms with Gasteiger partial charge in [0.05, 0.1) is 17.5 Å². The van der Waals surface area contributed by atoms with Crippen LogP contribution >= 0.6 is 0 Å². The first-order chi connectivity index (χ1) is 9.06. The summed E-state index contributed by atoms with van der Waals surface area (Å²) in [6, 6.07) is 5.26. The summed E-state index contributed by atoms with van der Waals surface area (Å²) >= 11 is 0. The zero-order valence-electron chi connectivity index (χ0n) is 11.0. The van der Waals surface area contributed by atoms with Crippen molar-refractivity contribution in [3.8, 4) is 0 Å². The molecule has 0 atom stereocenters. The molecule has 0 saturated heterocycles. The molecule has 0 saturated carbocycles. The lowest BCUT2D eigenvalue weighted by atomic mass is 10.2. The van der Waals surface area contributed by atoms with Gasteiger partial charge in [0.1, 0.15) is 5.76 Å². The Balaban J connectivity index is 1.97. The first-order valence-corrected chi connectivity index (χ1v) is 5.96. The molecule has 0 aliphatic heterocycles. The molecule has 0 unspecified atom stereocenters. The van der Waals surface area contributed by atoms with Gasteiger partial charge in [-0.05, 0) is 32.2 Å². The van der Waals surface area contributed by atoms with Crippen LogP contribution in [-0.4, -0.2) is 28.0 Å². The minimum absolute atomic E-state index is 0.206. The van der Waals surface area contributed by atoms with Crippen molar-refractivity contribution in [2.45, 2.75) is 20.0 Å². The van der Waals surface area contributed by atoms with E-state index in [-0.39, 0.29) is 5.56 Å². The number of aromatic nitrogens is 1. The highest BCUT2D eigenvalue weighted by Crippen LogP contribution is 2.12. The number of rotatable bonds is 5. The highest BCUT2D eigenvalue weighted by atomic mass is 16.4. The Morgan fingerprint density at radius 3 is 2.68 bits per heavy atom. The van der Waals surface area contributed by atoms with Crippen molar-refractivity contribution >= 4 is 5.97 Å². The van der Waals surface area contributed by atoms with Gasteiger partial charge in [-0.2, -0.15) is 0 Å². The third-order valence-corrected chi connectivity index (χ3v) is 2.91. The number of nitrogens with zero attached hydrogens (tertiary/aromatic N) is 2. The molecule has 5 nitrogen and oxygen atoms in total. The average Bonchev–Trinajstić information content (AvgIpc) is 2.75. The van der Waals surface area contributed by atoms with Crippen LogP contribution in [0.25, 0.3) is 0 Å². The maximum Gasteiger partial charge on any atom is 0.337 e. The number of carboxylic acids is 1. The largest absolute Gasteiger partial charge is 0.478 e. The van der Waals surface area contributed by atoms with Crippen LogP contribution < -0.4 is 0 Å². The normalized spacial score (nSPS) is 10.9. The van der Waals surface area contributed by atoms with Crippen molar-refractivity contribution in [3.63, 3.8) is 0 Å². The molecule has 0 amide bonds. The van der Waals surface area contributed by atoms with E-state index in [0.29, 0.717) is 6.54 Å². The molecule has 0 radical (unpaired) electrons. The number of hydrogen-bond donors (Lipinski definition) is 1. The van der Waals surface area contributed by atoms with Gasteiger partial charge < -0.3 is 9.52 Å². The minimum atomic E-state index is -0.957. The van der Waals surface area contributed by atoms with Crippen molar-refractivity contribution in [1.29, 1.82) is 0 Å². The van der Waals surface area contributed by atoms with Crippen molar-refractivity contribution in [3.05, 3.63) is 53.2 Å². The topological polar surface area (TPSA) is 66.6 Å². The van der Waals surface area contributed by atoms with Gasteiger partial charge in [-0.25, -0.2) is 4.79 Å². The maximum absolute atomic E-state index is 10.7. The second kappa shape index (κ2) is 5.67. The summed E-state index contributed by atoms with van der Waals surface area (Å²) in [5, 5.41) is 8.80. The Labute approximate surface area is 111 Å². The lowest BCUT2D eigenvalue weighted by Crippen LogP contribution is -2.18. The number of aromatic carboxylic acids is 1. The third kappa shape index (κ3) is 3.42. The van der Waals surface area contributed by atoms with Gasteiger partial charge in [0.25, 0.3) is 0 Å². The summed E-state index contributed by atoms with van der Waals surface area (Å²) in [4.78, 5) is 17.0. The van der Waals surface area contributed by atoms with Gasteiger partial charge in [0.15, 0.2) is 0 Å². The summed E-state index contributed by atoms with van der Waals surface area (Å²) < 4.78 is 5.25. The molecule has 0 bridgehead atoms. The molecule has 0 aromatic carbocycles. The molecule has 100 valence electrons. The Bertz CT molecular complexity index is 560. The molecule has 5 heteroatoms. The molecule has 2 rings (SSSR count). The summed E-state index contributed by atoms with van der Waals surface area (Å²) in [5.74, 6) is -0.0394. The average molecular weight is 260 g/mol. The molecule has 0 spiro atoms. The van der Waals surface area contributed by atoms with Crippen LogP contribution in [0, 0.1) is 6.92 Å². The van der Waals surface area contributed by atoms with Gasteiger partial charge >= 0.3 is 5.97 Å². The zero-order valence-corrected chi connectivity index (χ0v) is 11.0. The number of carboxylic acid groups (broad SMARTS) is 1. The van der Waals surface area contributed by atoms with E-state index in [9.17, 15) is 4.79 Å². The highest BCUT2D eigenvalue weighted by Gasteiger charge is 2.08. The Hall–Kier alpha value is -2.14. The molecular weight excluding hydrogens is 244 g/mol. The van der Waals surface area contributed by atoms with E-state index in [2.05, 4.69) is 9.88 Å². The number of hydrogen-bond acceptors (Lipinski definition) is 4. The van der Waals surface area contributed by atoms with Crippen molar-refractivity contribution < 1.29 is 14.3 Å². The molecule has 2 aromatic rings. The predicted octanol–water partition coefficient (Wildman–Crippen LogP) is 2.31. The van der Waals surface area contributed by atoms with E-state index >= 15 is 0 Å². The number of furan rings is 1. The van der Waals surface area contributed by atoms with Gasteiger partial charge in [0.2, 0.25) is 0 Å². The summed E-state index contributed by atoms with van der Waals surface area (Å²) in [5.41, 5.74) is 2.19. The van der Waals surface area contributed by atoms with Gasteiger partial charge in [0, 0.05) is 24.8 Å². The van der Waals surface area contributed by atoms with Crippen molar-refractivity contribution in [2.24, 2.45) is 0 Å². The van der Waals surface area contributed by atoms with Crippen LogP contribution in [0.1, 0.15) is 27.4 Å². The molecule has 2 aromatic heterocycles. The van der Waals surface area contributed by atoms with Crippen LogP contribution in [0.2, 0.25) is 0 Å². The summed E-state index contributed by atoms with van der Waals surface area (Å²) in [6.07, 6.45) is 3.06. The smallest absolute Gasteiger partial charge is 0.337 e. The maximum atomic E-state index is 10.7. The molecular formula is C14H16N2O3. The van der Waals surface area contributed by atoms with Crippen LogP contribution in [0.3, 0.4) is 0 Å². The second-order valence-corrected chi connectivity index (χ2v) is 4.52. The molecule has 0 aliphatic carbocycles. The lowest BCUT2D eigenvalue weighted by Gasteiger charge is -2.15. The van der Waals surface area contributed by atoms with Crippen molar-refractivity contribution in [2.75, 3.05) is 7.05 Å². The SMILES string of the molecule is Cc1occc1CN(C)Cc1ccc(C(=O)O)cn1. The van der Waals surface area contributed by atoms with Gasteiger partial charge in [-0.3, -0.25) is 9.88 Å². The number of carbonyl (C=O) groups is 1. The number of aryl methyl sites for hydroxylation is 1. The van der Waals surface area contributed by atoms with E-state index in [1.54, 1.807) is 18.4 Å². The Morgan fingerprint density at radius 1 is 1.37 bits per heavy atom. The van der Waals surface area contributed by atoms with Crippen LogP contribution in [0.5, 0.6) is 0 Å². The van der Waals surface area contributed by atoms with E-state index in [4.69, 9.17) is 9.52 Å². The molecule has 19 heavy (non-hydrogen) atoms. The number of pyridine rings is 1. The van der Waals surface area contributed by atoms with Crippen LogP contribution in [0.15, 0.2) is 35.1 Å². The standard InChI is InChI=1S/C14H16N2O3/c1-10-12(5-6-19-10)8-16(2)9-13-4-3-11(7-15-13)14(17)18/h3-7H,8-9H2,1-2H3,(H,17,18). The van der Waals surface area contributed by atoms with Crippen molar-refractivity contribution in [1.82, 2.24) is 9.88 Å². The van der Waals surface area contributed by atoms with Gasteiger partial charge in [-0.1, -0.05) is 0 Å².